The highest BCUT2D eigenvalue weighted by Crippen LogP contribution is 2.29. The molecule has 0 aliphatic carbocycles. The van der Waals surface area contributed by atoms with E-state index in [9.17, 15) is 23.3 Å². The third-order valence-corrected chi connectivity index (χ3v) is 7.67. The molecule has 1 aliphatic heterocycles. The third-order valence-electron chi connectivity index (χ3n) is 5.75. The van der Waals surface area contributed by atoms with Crippen molar-refractivity contribution in [2.24, 2.45) is 0 Å². The Hall–Kier alpha value is -3.67. The Bertz CT molecular complexity index is 1330. The number of nitrogens with one attached hydrogen (secondary N) is 1. The van der Waals surface area contributed by atoms with E-state index in [-0.39, 0.29) is 28.6 Å². The van der Waals surface area contributed by atoms with Crippen molar-refractivity contribution in [1.29, 1.82) is 0 Å². The molecular formula is C24H25ClN4O6S. The molecule has 1 aliphatic rings. The SMILES string of the molecule is COc1ccccc1N1CCN(S(=O)(=O)c2ccc(NC(=O)c3ccc([N+](=O)[O-])cc3)cc2)CC1.Cl. The Labute approximate surface area is 215 Å². The highest BCUT2D eigenvalue weighted by Gasteiger charge is 2.29. The van der Waals surface area contributed by atoms with Crippen LogP contribution in [0.5, 0.6) is 5.75 Å². The van der Waals surface area contributed by atoms with E-state index in [0.717, 1.165) is 11.4 Å². The standard InChI is InChI=1S/C24H24N4O6S.ClH/c1-34-23-5-3-2-4-22(23)26-14-16-27(17-15-26)35(32,33)21-12-8-19(9-13-21)25-24(29)18-6-10-20(11-7-18)28(30)31;/h2-13H,14-17H2,1H3,(H,25,29);1H. The van der Waals surface area contributed by atoms with Crippen LogP contribution in [0.15, 0.2) is 77.7 Å². The number of rotatable bonds is 7. The van der Waals surface area contributed by atoms with Crippen LogP contribution in [0.4, 0.5) is 17.1 Å². The van der Waals surface area contributed by atoms with E-state index in [1.807, 2.05) is 24.3 Å². The zero-order valence-electron chi connectivity index (χ0n) is 19.4. The number of hydrogen-bond acceptors (Lipinski definition) is 7. The fraction of sp³-hybridized carbons (Fsp3) is 0.208. The van der Waals surface area contributed by atoms with Gasteiger partial charge in [-0.2, -0.15) is 4.31 Å². The van der Waals surface area contributed by atoms with Crippen LogP contribution in [0.2, 0.25) is 0 Å². The molecule has 12 heteroatoms. The van der Waals surface area contributed by atoms with Gasteiger partial charge in [0.15, 0.2) is 0 Å². The minimum atomic E-state index is -3.69. The summed E-state index contributed by atoms with van der Waals surface area (Å²) >= 11 is 0. The smallest absolute Gasteiger partial charge is 0.269 e. The van der Waals surface area contributed by atoms with Gasteiger partial charge in [-0.1, -0.05) is 12.1 Å². The second kappa shape index (κ2) is 11.4. The number of anilines is 2. The second-order valence-electron chi connectivity index (χ2n) is 7.85. The number of hydrogen-bond donors (Lipinski definition) is 1. The van der Waals surface area contributed by atoms with Crippen molar-refractivity contribution in [2.45, 2.75) is 4.90 Å². The van der Waals surface area contributed by atoms with Gasteiger partial charge in [0.1, 0.15) is 5.75 Å². The van der Waals surface area contributed by atoms with E-state index in [1.54, 1.807) is 7.11 Å². The summed E-state index contributed by atoms with van der Waals surface area (Å²) in [4.78, 5) is 24.8. The van der Waals surface area contributed by atoms with Gasteiger partial charge in [0.05, 0.1) is 22.6 Å². The number of amides is 1. The Balaban J connectivity index is 0.00000361. The van der Waals surface area contributed by atoms with Gasteiger partial charge in [-0.25, -0.2) is 8.42 Å². The monoisotopic (exact) mass is 532 g/mol. The second-order valence-corrected chi connectivity index (χ2v) is 9.78. The van der Waals surface area contributed by atoms with Crippen LogP contribution < -0.4 is 15.0 Å². The molecule has 1 saturated heterocycles. The van der Waals surface area contributed by atoms with E-state index in [4.69, 9.17) is 4.74 Å². The topological polar surface area (TPSA) is 122 Å². The number of carbonyl (C=O) groups is 1. The quantitative estimate of drug-likeness (QED) is 0.363. The molecule has 190 valence electrons. The number of carbonyl (C=O) groups excluding carboxylic acids is 1. The summed E-state index contributed by atoms with van der Waals surface area (Å²) in [5, 5.41) is 13.4. The van der Waals surface area contributed by atoms with Gasteiger partial charge in [0.25, 0.3) is 11.6 Å². The molecule has 0 unspecified atom stereocenters. The number of nitro groups is 1. The number of para-hydroxylation sites is 2. The van der Waals surface area contributed by atoms with Crippen molar-refractivity contribution in [3.8, 4) is 5.75 Å². The summed E-state index contributed by atoms with van der Waals surface area (Å²) in [7, 11) is -2.09. The molecule has 3 aromatic rings. The summed E-state index contributed by atoms with van der Waals surface area (Å²) < 4.78 is 33.1. The maximum absolute atomic E-state index is 13.1. The molecule has 0 radical (unpaired) electrons. The van der Waals surface area contributed by atoms with E-state index >= 15 is 0 Å². The zero-order chi connectivity index (χ0) is 25.0. The summed E-state index contributed by atoms with van der Waals surface area (Å²) in [6.45, 7) is 1.73. The fourth-order valence-corrected chi connectivity index (χ4v) is 5.28. The Morgan fingerprint density at radius 3 is 2.14 bits per heavy atom. The normalized spacial score (nSPS) is 14.0. The lowest BCUT2D eigenvalue weighted by atomic mass is 10.2. The van der Waals surface area contributed by atoms with Crippen LogP contribution >= 0.6 is 12.4 Å². The number of piperazine rings is 1. The molecular weight excluding hydrogens is 508 g/mol. The molecule has 0 bridgehead atoms. The van der Waals surface area contributed by atoms with E-state index in [1.165, 1.54) is 52.8 Å². The molecule has 36 heavy (non-hydrogen) atoms. The number of nitrogens with zero attached hydrogens (tertiary/aromatic N) is 3. The first-order valence-electron chi connectivity index (χ1n) is 10.8. The average molecular weight is 533 g/mol. The molecule has 1 fully saturated rings. The zero-order valence-corrected chi connectivity index (χ0v) is 21.0. The molecule has 4 rings (SSSR count). The van der Waals surface area contributed by atoms with Crippen LogP contribution in [0, 0.1) is 10.1 Å². The van der Waals surface area contributed by atoms with Gasteiger partial charge in [-0.15, -0.1) is 12.4 Å². The molecule has 10 nitrogen and oxygen atoms in total. The molecule has 0 aromatic heterocycles. The predicted octanol–water partition coefficient (Wildman–Crippen LogP) is 3.79. The van der Waals surface area contributed by atoms with E-state index in [0.29, 0.717) is 31.9 Å². The minimum absolute atomic E-state index is 0. The van der Waals surface area contributed by atoms with Crippen LogP contribution in [-0.4, -0.2) is 56.8 Å². The van der Waals surface area contributed by atoms with E-state index in [2.05, 4.69) is 10.2 Å². The number of sulfonamides is 1. The number of halogens is 1. The van der Waals surface area contributed by atoms with Crippen LogP contribution in [-0.2, 0) is 10.0 Å². The van der Waals surface area contributed by atoms with Crippen molar-refractivity contribution in [3.63, 3.8) is 0 Å². The highest BCUT2D eigenvalue weighted by molar-refractivity contribution is 7.89. The van der Waals surface area contributed by atoms with Crippen molar-refractivity contribution in [1.82, 2.24) is 4.31 Å². The first-order chi connectivity index (χ1) is 16.8. The number of methoxy groups -OCH3 is 1. The number of non-ortho nitro benzene ring substituents is 1. The highest BCUT2D eigenvalue weighted by atomic mass is 35.5. The maximum Gasteiger partial charge on any atom is 0.269 e. The van der Waals surface area contributed by atoms with Crippen LogP contribution in [0.1, 0.15) is 10.4 Å². The first kappa shape index (κ1) is 26.9. The van der Waals surface area contributed by atoms with Gasteiger partial charge in [0, 0.05) is 49.6 Å². The summed E-state index contributed by atoms with van der Waals surface area (Å²) in [6.07, 6.45) is 0. The maximum atomic E-state index is 13.1. The van der Waals surface area contributed by atoms with Crippen LogP contribution in [0.25, 0.3) is 0 Å². The number of ether oxygens (including phenoxy) is 1. The molecule has 0 atom stereocenters. The largest absolute Gasteiger partial charge is 0.495 e. The van der Waals surface area contributed by atoms with Gasteiger partial charge in [-0.05, 0) is 48.5 Å². The number of benzene rings is 3. The summed E-state index contributed by atoms with van der Waals surface area (Å²) in [5.74, 6) is 0.290. The van der Waals surface area contributed by atoms with Gasteiger partial charge < -0.3 is 15.0 Å². The molecule has 1 amide bonds. The van der Waals surface area contributed by atoms with Gasteiger partial charge in [-0.3, -0.25) is 14.9 Å². The van der Waals surface area contributed by atoms with E-state index < -0.39 is 20.9 Å². The van der Waals surface area contributed by atoms with Crippen molar-refractivity contribution >= 4 is 45.4 Å². The molecule has 0 spiro atoms. The fourth-order valence-electron chi connectivity index (χ4n) is 3.86. The lowest BCUT2D eigenvalue weighted by Gasteiger charge is -2.35. The number of nitro benzene ring substituents is 1. The van der Waals surface area contributed by atoms with Crippen molar-refractivity contribution in [3.05, 3.63) is 88.5 Å². The molecule has 1 N–H and O–H groups in total. The Kier molecular flexibility index (Phi) is 8.51. The van der Waals surface area contributed by atoms with Crippen LogP contribution in [0.3, 0.4) is 0 Å². The minimum Gasteiger partial charge on any atom is -0.495 e. The lowest BCUT2D eigenvalue weighted by molar-refractivity contribution is -0.384. The average Bonchev–Trinajstić information content (AvgIpc) is 2.89. The van der Waals surface area contributed by atoms with Gasteiger partial charge in [0.2, 0.25) is 10.0 Å². The Morgan fingerprint density at radius 2 is 1.56 bits per heavy atom. The predicted molar refractivity (Wildman–Crippen MR) is 139 cm³/mol. The summed E-state index contributed by atoms with van der Waals surface area (Å²) in [5.41, 5.74) is 1.48. The molecule has 3 aromatic carbocycles. The molecule has 1 heterocycles. The van der Waals surface area contributed by atoms with Gasteiger partial charge >= 0.3 is 0 Å². The first-order valence-corrected chi connectivity index (χ1v) is 12.3. The third kappa shape index (κ3) is 5.76. The summed E-state index contributed by atoms with van der Waals surface area (Å²) in [6, 6.07) is 18.8. The van der Waals surface area contributed by atoms with Crippen molar-refractivity contribution < 1.29 is 22.9 Å². The van der Waals surface area contributed by atoms with Crippen molar-refractivity contribution in [2.75, 3.05) is 43.5 Å². The Morgan fingerprint density at radius 1 is 0.944 bits per heavy atom. The lowest BCUT2D eigenvalue weighted by Crippen LogP contribution is -2.48. The molecule has 0 saturated carbocycles.